The third kappa shape index (κ3) is 3.09. The first kappa shape index (κ1) is 14.4. The molecule has 1 aromatic rings. The van der Waals surface area contributed by atoms with E-state index in [0.717, 1.165) is 12.8 Å². The van der Waals surface area contributed by atoms with Crippen LogP contribution in [0, 0.1) is 12.8 Å². The van der Waals surface area contributed by atoms with Gasteiger partial charge in [0.25, 0.3) is 5.91 Å². The number of rotatable bonds is 3. The maximum absolute atomic E-state index is 11.9. The molecule has 1 aliphatic heterocycles. The molecule has 0 atom stereocenters. The summed E-state index contributed by atoms with van der Waals surface area (Å²) in [5.41, 5.74) is 5.92. The largest absolute Gasteiger partial charge is 0.452 e. The van der Waals surface area contributed by atoms with Crippen molar-refractivity contribution in [2.24, 2.45) is 5.92 Å². The Morgan fingerprint density at radius 1 is 1.45 bits per heavy atom. The fourth-order valence-electron chi connectivity index (χ4n) is 2.18. The van der Waals surface area contributed by atoms with Crippen LogP contribution in [-0.2, 0) is 9.53 Å². The summed E-state index contributed by atoms with van der Waals surface area (Å²) in [4.78, 5) is 25.5. The molecule has 1 fully saturated rings. The second kappa shape index (κ2) is 5.94. The van der Waals surface area contributed by atoms with E-state index in [9.17, 15) is 9.59 Å². The molecule has 1 aliphatic rings. The SMILES string of the molecule is Cc1noc(N)c1C(=O)OCC(=O)N1CCC(C)CC1. The van der Waals surface area contributed by atoms with Gasteiger partial charge in [-0.05, 0) is 25.7 Å². The molecule has 110 valence electrons. The first-order valence-electron chi connectivity index (χ1n) is 6.65. The number of piperidine rings is 1. The maximum Gasteiger partial charge on any atom is 0.346 e. The summed E-state index contributed by atoms with van der Waals surface area (Å²) in [5, 5.41) is 3.57. The quantitative estimate of drug-likeness (QED) is 0.829. The van der Waals surface area contributed by atoms with Crippen molar-refractivity contribution in [3.63, 3.8) is 0 Å². The van der Waals surface area contributed by atoms with Crippen LogP contribution in [-0.4, -0.2) is 41.6 Å². The van der Waals surface area contributed by atoms with E-state index in [1.54, 1.807) is 11.8 Å². The minimum absolute atomic E-state index is 0.0880. The zero-order valence-electron chi connectivity index (χ0n) is 11.7. The Labute approximate surface area is 117 Å². The van der Waals surface area contributed by atoms with Gasteiger partial charge in [-0.3, -0.25) is 4.79 Å². The highest BCUT2D eigenvalue weighted by molar-refractivity contribution is 5.96. The number of aromatic nitrogens is 1. The fourth-order valence-corrected chi connectivity index (χ4v) is 2.18. The van der Waals surface area contributed by atoms with E-state index in [0.29, 0.717) is 24.7 Å². The van der Waals surface area contributed by atoms with Crippen molar-refractivity contribution in [2.45, 2.75) is 26.7 Å². The van der Waals surface area contributed by atoms with Crippen molar-refractivity contribution >= 4 is 17.8 Å². The van der Waals surface area contributed by atoms with Crippen LogP contribution < -0.4 is 5.73 Å². The normalized spacial score (nSPS) is 16.2. The molecule has 2 heterocycles. The number of carbonyl (C=O) groups is 2. The monoisotopic (exact) mass is 281 g/mol. The van der Waals surface area contributed by atoms with E-state index in [4.69, 9.17) is 10.5 Å². The Morgan fingerprint density at radius 3 is 2.65 bits per heavy atom. The number of nitrogens with zero attached hydrogens (tertiary/aromatic N) is 2. The standard InChI is InChI=1S/C13H19N3O4/c1-8-3-5-16(6-4-8)10(17)7-19-13(18)11-9(2)15-20-12(11)14/h8H,3-7,14H2,1-2H3. The van der Waals surface area contributed by atoms with Crippen molar-refractivity contribution in [1.29, 1.82) is 0 Å². The van der Waals surface area contributed by atoms with Crippen LogP contribution in [0.3, 0.4) is 0 Å². The van der Waals surface area contributed by atoms with Gasteiger partial charge in [-0.1, -0.05) is 12.1 Å². The van der Waals surface area contributed by atoms with Gasteiger partial charge < -0.3 is 19.9 Å². The third-order valence-electron chi connectivity index (χ3n) is 3.56. The van der Waals surface area contributed by atoms with Crippen molar-refractivity contribution in [3.05, 3.63) is 11.3 Å². The summed E-state index contributed by atoms with van der Waals surface area (Å²) in [6.07, 6.45) is 1.97. The van der Waals surface area contributed by atoms with Crippen LogP contribution in [0.2, 0.25) is 0 Å². The molecule has 0 spiro atoms. The zero-order chi connectivity index (χ0) is 14.7. The van der Waals surface area contributed by atoms with Crippen LogP contribution in [0.15, 0.2) is 4.52 Å². The number of esters is 1. The predicted octanol–water partition coefficient (Wildman–Crippen LogP) is 0.981. The van der Waals surface area contributed by atoms with Gasteiger partial charge in [0, 0.05) is 13.1 Å². The number of hydrogen-bond donors (Lipinski definition) is 1. The predicted molar refractivity (Wildman–Crippen MR) is 70.9 cm³/mol. The van der Waals surface area contributed by atoms with Gasteiger partial charge in [-0.2, -0.15) is 0 Å². The number of nitrogen functional groups attached to an aromatic ring is 1. The molecule has 1 saturated heterocycles. The average Bonchev–Trinajstić information content (AvgIpc) is 2.76. The molecule has 0 unspecified atom stereocenters. The molecular formula is C13H19N3O4. The summed E-state index contributed by atoms with van der Waals surface area (Å²) >= 11 is 0. The van der Waals surface area contributed by atoms with E-state index >= 15 is 0 Å². The lowest BCUT2D eigenvalue weighted by Crippen LogP contribution is -2.40. The molecule has 0 saturated carbocycles. The van der Waals surface area contributed by atoms with Crippen LogP contribution in [0.25, 0.3) is 0 Å². The van der Waals surface area contributed by atoms with Crippen molar-refractivity contribution in [2.75, 3.05) is 25.4 Å². The molecule has 7 heteroatoms. The number of amides is 1. The maximum atomic E-state index is 11.9. The van der Waals surface area contributed by atoms with Crippen LogP contribution in [0.5, 0.6) is 0 Å². The Kier molecular flexibility index (Phi) is 4.26. The van der Waals surface area contributed by atoms with E-state index in [-0.39, 0.29) is 24.0 Å². The Bertz CT molecular complexity index is 484. The molecule has 0 radical (unpaired) electrons. The fraction of sp³-hybridized carbons (Fsp3) is 0.615. The number of hydrogen-bond acceptors (Lipinski definition) is 6. The summed E-state index contributed by atoms with van der Waals surface area (Å²) < 4.78 is 9.66. The highest BCUT2D eigenvalue weighted by Crippen LogP contribution is 2.18. The van der Waals surface area contributed by atoms with Gasteiger partial charge in [0.05, 0.1) is 5.69 Å². The first-order valence-corrected chi connectivity index (χ1v) is 6.65. The van der Waals surface area contributed by atoms with E-state index in [1.807, 2.05) is 0 Å². The lowest BCUT2D eigenvalue weighted by Gasteiger charge is -2.30. The lowest BCUT2D eigenvalue weighted by atomic mass is 9.99. The molecule has 0 aliphatic carbocycles. The highest BCUT2D eigenvalue weighted by Gasteiger charge is 2.24. The first-order chi connectivity index (χ1) is 9.49. The molecule has 2 rings (SSSR count). The summed E-state index contributed by atoms with van der Waals surface area (Å²) in [7, 11) is 0. The van der Waals surface area contributed by atoms with Gasteiger partial charge in [0.2, 0.25) is 5.88 Å². The smallest absolute Gasteiger partial charge is 0.346 e. The van der Waals surface area contributed by atoms with Gasteiger partial charge >= 0.3 is 5.97 Å². The number of nitrogens with two attached hydrogens (primary N) is 1. The molecule has 1 aromatic heterocycles. The second-order valence-electron chi connectivity index (χ2n) is 5.15. The van der Waals surface area contributed by atoms with E-state index < -0.39 is 5.97 Å². The second-order valence-corrected chi connectivity index (χ2v) is 5.15. The van der Waals surface area contributed by atoms with Crippen LogP contribution >= 0.6 is 0 Å². The number of carbonyl (C=O) groups excluding carboxylic acids is 2. The van der Waals surface area contributed by atoms with Crippen LogP contribution in [0.4, 0.5) is 5.88 Å². The average molecular weight is 281 g/mol. The van der Waals surface area contributed by atoms with Gasteiger partial charge in [0.15, 0.2) is 6.61 Å². The van der Waals surface area contributed by atoms with Crippen molar-refractivity contribution in [3.8, 4) is 0 Å². The Hall–Kier alpha value is -2.05. The Balaban J connectivity index is 1.86. The van der Waals surface area contributed by atoms with E-state index in [1.165, 1.54) is 0 Å². The van der Waals surface area contributed by atoms with Gasteiger partial charge in [0.1, 0.15) is 5.56 Å². The number of aryl methyl sites for hydroxylation is 1. The topological polar surface area (TPSA) is 98.7 Å². The molecule has 20 heavy (non-hydrogen) atoms. The molecule has 1 amide bonds. The molecule has 0 bridgehead atoms. The Morgan fingerprint density at radius 2 is 2.10 bits per heavy atom. The number of likely N-dealkylation sites (tertiary alicyclic amines) is 1. The molecule has 7 nitrogen and oxygen atoms in total. The summed E-state index contributed by atoms with van der Waals surface area (Å²) in [6, 6.07) is 0. The van der Waals surface area contributed by atoms with Crippen LogP contribution in [0.1, 0.15) is 35.8 Å². The minimum Gasteiger partial charge on any atom is -0.452 e. The van der Waals surface area contributed by atoms with E-state index in [2.05, 4.69) is 16.6 Å². The van der Waals surface area contributed by atoms with Crippen molar-refractivity contribution in [1.82, 2.24) is 10.1 Å². The van der Waals surface area contributed by atoms with Gasteiger partial charge in [-0.25, -0.2) is 4.79 Å². The molecular weight excluding hydrogens is 262 g/mol. The van der Waals surface area contributed by atoms with Gasteiger partial charge in [-0.15, -0.1) is 0 Å². The lowest BCUT2D eigenvalue weighted by molar-refractivity contribution is -0.135. The summed E-state index contributed by atoms with van der Waals surface area (Å²) in [5.74, 6) is -0.314. The highest BCUT2D eigenvalue weighted by atomic mass is 16.5. The zero-order valence-corrected chi connectivity index (χ0v) is 11.7. The van der Waals surface area contributed by atoms with Crippen molar-refractivity contribution < 1.29 is 18.8 Å². The summed E-state index contributed by atoms with van der Waals surface area (Å²) in [6.45, 7) is 4.90. The number of anilines is 1. The molecule has 2 N–H and O–H groups in total. The third-order valence-corrected chi connectivity index (χ3v) is 3.56. The minimum atomic E-state index is -0.681. The number of ether oxygens (including phenoxy) is 1. The molecule has 0 aromatic carbocycles.